The Morgan fingerprint density at radius 3 is 2.33 bits per heavy atom. The van der Waals surface area contributed by atoms with E-state index in [1.165, 1.54) is 13.1 Å². The normalized spacial score (nSPS) is 10.9. The van der Waals surface area contributed by atoms with Crippen LogP contribution in [0.1, 0.15) is 21.6 Å². The lowest BCUT2D eigenvalue weighted by Crippen LogP contribution is -2.33. The standard InChI is InChI=1S/C20H15F4N3O3/c1-27-18(16-13(22)3-2-4-14(16)23)26-17(11(9-28)20(27)30)19(29)25-8-10-5-6-12(21)15(24)7-10/h2-7,28H,8-9H2,1H3,(H,25,29). The molecule has 0 unspecified atom stereocenters. The van der Waals surface area contributed by atoms with Crippen molar-refractivity contribution in [1.82, 2.24) is 14.9 Å². The van der Waals surface area contributed by atoms with Gasteiger partial charge in [-0.3, -0.25) is 14.2 Å². The number of carbonyl (C=O) groups excluding carboxylic acids is 1. The maximum atomic E-state index is 14.2. The Balaban J connectivity index is 2.03. The van der Waals surface area contributed by atoms with Gasteiger partial charge in [-0.05, 0) is 29.8 Å². The highest BCUT2D eigenvalue weighted by Gasteiger charge is 2.23. The molecule has 0 aliphatic rings. The molecule has 1 amide bonds. The van der Waals surface area contributed by atoms with Crippen molar-refractivity contribution in [3.63, 3.8) is 0 Å². The van der Waals surface area contributed by atoms with E-state index in [1.807, 2.05) is 0 Å². The lowest BCUT2D eigenvalue weighted by molar-refractivity contribution is 0.0941. The number of hydrogen-bond donors (Lipinski definition) is 2. The number of nitrogens with zero attached hydrogens (tertiary/aromatic N) is 2. The average Bonchev–Trinajstić information content (AvgIpc) is 2.71. The van der Waals surface area contributed by atoms with Crippen LogP contribution in [0.3, 0.4) is 0 Å². The molecule has 10 heteroatoms. The van der Waals surface area contributed by atoms with Crippen molar-refractivity contribution in [2.45, 2.75) is 13.2 Å². The number of carbonyl (C=O) groups is 1. The molecular weight excluding hydrogens is 406 g/mol. The second kappa shape index (κ2) is 8.46. The minimum absolute atomic E-state index is 0.219. The maximum absolute atomic E-state index is 14.2. The predicted molar refractivity (Wildman–Crippen MR) is 98.3 cm³/mol. The number of nitrogens with one attached hydrogen (secondary N) is 1. The number of halogens is 4. The molecule has 2 aromatic carbocycles. The third kappa shape index (κ3) is 3.94. The van der Waals surface area contributed by atoms with E-state index in [0.717, 1.165) is 34.9 Å². The summed E-state index contributed by atoms with van der Waals surface area (Å²) < 4.78 is 55.5. The minimum atomic E-state index is -1.11. The van der Waals surface area contributed by atoms with E-state index in [0.29, 0.717) is 0 Å². The van der Waals surface area contributed by atoms with Crippen molar-refractivity contribution in [2.24, 2.45) is 7.05 Å². The minimum Gasteiger partial charge on any atom is -0.391 e. The fourth-order valence-electron chi connectivity index (χ4n) is 2.83. The van der Waals surface area contributed by atoms with Gasteiger partial charge in [-0.1, -0.05) is 12.1 Å². The molecule has 0 aliphatic heterocycles. The van der Waals surface area contributed by atoms with Gasteiger partial charge in [0.25, 0.3) is 11.5 Å². The largest absolute Gasteiger partial charge is 0.391 e. The zero-order valence-corrected chi connectivity index (χ0v) is 15.5. The van der Waals surface area contributed by atoms with Gasteiger partial charge >= 0.3 is 0 Å². The van der Waals surface area contributed by atoms with Crippen LogP contribution in [0, 0.1) is 23.3 Å². The second-order valence-electron chi connectivity index (χ2n) is 6.31. The van der Waals surface area contributed by atoms with Crippen molar-refractivity contribution in [1.29, 1.82) is 0 Å². The van der Waals surface area contributed by atoms with Crippen molar-refractivity contribution in [2.75, 3.05) is 0 Å². The molecule has 0 saturated heterocycles. The summed E-state index contributed by atoms with van der Waals surface area (Å²) in [5, 5.41) is 11.9. The van der Waals surface area contributed by atoms with Gasteiger partial charge in [0.2, 0.25) is 0 Å². The first-order valence-electron chi connectivity index (χ1n) is 8.61. The van der Waals surface area contributed by atoms with Gasteiger partial charge in [0.1, 0.15) is 23.2 Å². The molecule has 156 valence electrons. The topological polar surface area (TPSA) is 84.2 Å². The van der Waals surface area contributed by atoms with Gasteiger partial charge in [0.05, 0.1) is 17.7 Å². The Bertz CT molecular complexity index is 1170. The zero-order chi connectivity index (χ0) is 22.0. The first kappa shape index (κ1) is 21.2. The number of benzene rings is 2. The molecule has 3 aromatic rings. The van der Waals surface area contributed by atoms with Crippen LogP contribution in [0.25, 0.3) is 11.4 Å². The molecule has 1 heterocycles. The highest BCUT2D eigenvalue weighted by molar-refractivity contribution is 5.94. The lowest BCUT2D eigenvalue weighted by atomic mass is 10.1. The number of amides is 1. The fraction of sp³-hybridized carbons (Fsp3) is 0.150. The summed E-state index contributed by atoms with van der Waals surface area (Å²) >= 11 is 0. The van der Waals surface area contributed by atoms with Crippen LogP contribution >= 0.6 is 0 Å². The summed E-state index contributed by atoms with van der Waals surface area (Å²) in [7, 11) is 1.19. The van der Waals surface area contributed by atoms with Crippen LogP contribution < -0.4 is 10.9 Å². The van der Waals surface area contributed by atoms with Gasteiger partial charge in [-0.15, -0.1) is 0 Å². The number of rotatable bonds is 5. The van der Waals surface area contributed by atoms with Crippen molar-refractivity contribution in [3.8, 4) is 11.4 Å². The van der Waals surface area contributed by atoms with E-state index in [-0.39, 0.29) is 17.7 Å². The predicted octanol–water partition coefficient (Wildman–Crippen LogP) is 2.43. The third-order valence-electron chi connectivity index (χ3n) is 4.38. The molecule has 0 fully saturated rings. The molecule has 0 saturated carbocycles. The van der Waals surface area contributed by atoms with Crippen molar-refractivity contribution in [3.05, 3.63) is 86.8 Å². The second-order valence-corrected chi connectivity index (χ2v) is 6.31. The van der Waals surface area contributed by atoms with Gasteiger partial charge in [0.15, 0.2) is 11.6 Å². The third-order valence-corrected chi connectivity index (χ3v) is 4.38. The first-order chi connectivity index (χ1) is 14.2. The molecule has 0 radical (unpaired) electrons. The van der Waals surface area contributed by atoms with Crippen LogP contribution in [0.2, 0.25) is 0 Å². The molecule has 0 atom stereocenters. The van der Waals surface area contributed by atoms with Crippen LogP contribution in [0.15, 0.2) is 41.2 Å². The molecule has 30 heavy (non-hydrogen) atoms. The average molecular weight is 421 g/mol. The highest BCUT2D eigenvalue weighted by Crippen LogP contribution is 2.24. The molecule has 6 nitrogen and oxygen atoms in total. The van der Waals surface area contributed by atoms with E-state index >= 15 is 0 Å². The van der Waals surface area contributed by atoms with E-state index in [1.54, 1.807) is 0 Å². The summed E-state index contributed by atoms with van der Waals surface area (Å²) in [5.74, 6) is -5.56. The summed E-state index contributed by atoms with van der Waals surface area (Å²) in [6.45, 7) is -1.10. The van der Waals surface area contributed by atoms with Crippen LogP contribution in [0.5, 0.6) is 0 Å². The Hall–Kier alpha value is -3.53. The Morgan fingerprint density at radius 2 is 1.73 bits per heavy atom. The Labute approximate surface area is 167 Å². The fourth-order valence-corrected chi connectivity index (χ4v) is 2.83. The SMILES string of the molecule is Cn1c(-c2c(F)cccc2F)nc(C(=O)NCc2ccc(F)c(F)c2)c(CO)c1=O. The number of aliphatic hydroxyl groups is 1. The summed E-state index contributed by atoms with van der Waals surface area (Å²) in [6, 6.07) is 6.06. The quantitative estimate of drug-likeness (QED) is 0.620. The van der Waals surface area contributed by atoms with Gasteiger partial charge < -0.3 is 10.4 Å². The molecule has 0 spiro atoms. The van der Waals surface area contributed by atoms with E-state index in [9.17, 15) is 32.3 Å². The highest BCUT2D eigenvalue weighted by atomic mass is 19.2. The molecule has 1 aromatic heterocycles. The number of aromatic nitrogens is 2. The number of aliphatic hydroxyl groups excluding tert-OH is 1. The monoisotopic (exact) mass is 421 g/mol. The van der Waals surface area contributed by atoms with E-state index < -0.39 is 58.4 Å². The molecule has 3 rings (SSSR count). The molecule has 0 bridgehead atoms. The van der Waals surface area contributed by atoms with Crippen LogP contribution in [0.4, 0.5) is 17.6 Å². The molecule has 0 aliphatic carbocycles. The Kier molecular flexibility index (Phi) is 5.97. The summed E-state index contributed by atoms with van der Waals surface area (Å²) in [6.07, 6.45) is 0. The van der Waals surface area contributed by atoms with Gasteiger partial charge in [-0.2, -0.15) is 0 Å². The molecule has 2 N–H and O–H groups in total. The van der Waals surface area contributed by atoms with Crippen LogP contribution in [-0.4, -0.2) is 20.6 Å². The molecular formula is C20H15F4N3O3. The van der Waals surface area contributed by atoms with E-state index in [2.05, 4.69) is 10.3 Å². The zero-order valence-electron chi connectivity index (χ0n) is 15.5. The first-order valence-corrected chi connectivity index (χ1v) is 8.61. The van der Waals surface area contributed by atoms with Crippen LogP contribution in [-0.2, 0) is 20.2 Å². The smallest absolute Gasteiger partial charge is 0.270 e. The van der Waals surface area contributed by atoms with E-state index in [4.69, 9.17) is 0 Å². The van der Waals surface area contributed by atoms with Gasteiger partial charge in [-0.25, -0.2) is 22.5 Å². The summed E-state index contributed by atoms with van der Waals surface area (Å²) in [4.78, 5) is 29.0. The lowest BCUT2D eigenvalue weighted by Gasteiger charge is -2.14. The maximum Gasteiger partial charge on any atom is 0.270 e. The number of hydrogen-bond acceptors (Lipinski definition) is 4. The summed E-state index contributed by atoms with van der Waals surface area (Å²) in [5.41, 5.74) is -2.20. The van der Waals surface area contributed by atoms with Gasteiger partial charge in [0, 0.05) is 13.6 Å². The van der Waals surface area contributed by atoms with Crippen molar-refractivity contribution >= 4 is 5.91 Å². The van der Waals surface area contributed by atoms with Crippen molar-refractivity contribution < 1.29 is 27.5 Å². The Morgan fingerprint density at radius 1 is 1.07 bits per heavy atom.